The summed E-state index contributed by atoms with van der Waals surface area (Å²) in [5.74, 6) is 0. The van der Waals surface area contributed by atoms with Crippen LogP contribution in [0.15, 0.2) is 34.1 Å². The zero-order valence-electron chi connectivity index (χ0n) is 8.72. The molecule has 2 rings (SSSR count). The summed E-state index contributed by atoms with van der Waals surface area (Å²) in [5, 5.41) is 1.25. The molecule has 0 bridgehead atoms. The van der Waals surface area contributed by atoms with Crippen LogP contribution < -0.4 is 0 Å². The normalized spacial score (nSPS) is 10.8. The molecule has 18 heavy (non-hydrogen) atoms. The first kappa shape index (κ1) is 14.7. The maximum atomic E-state index is 6.21. The Kier molecular flexibility index (Phi) is 4.69. The summed E-state index contributed by atoms with van der Waals surface area (Å²) in [6, 6.07) is 7.36. The number of rotatable bonds is 1. The summed E-state index contributed by atoms with van der Waals surface area (Å²) in [7, 11) is 0. The summed E-state index contributed by atoms with van der Waals surface area (Å²) in [6.07, 6.45) is 0. The summed E-state index contributed by atoms with van der Waals surface area (Å²) < 4.78 is 0. The lowest BCUT2D eigenvalue weighted by Gasteiger charge is -2.13. The summed E-state index contributed by atoms with van der Waals surface area (Å²) in [4.78, 5) is 1.22. The highest BCUT2D eigenvalue weighted by atomic mass is 35.5. The van der Waals surface area contributed by atoms with Crippen LogP contribution in [0.3, 0.4) is 0 Å². The van der Waals surface area contributed by atoms with Crippen molar-refractivity contribution in [3.8, 4) is 11.1 Å². The molecule has 0 heterocycles. The monoisotopic (exact) mass is 354 g/mol. The third-order valence-electron chi connectivity index (χ3n) is 2.40. The Hall–Kier alpha value is 0.300. The van der Waals surface area contributed by atoms with Gasteiger partial charge in [-0.2, -0.15) is 0 Å². The van der Waals surface area contributed by atoms with E-state index in [1.54, 1.807) is 0 Å². The predicted octanol–water partition coefficient (Wildman–Crippen LogP) is 6.54. The molecule has 0 aliphatic carbocycles. The van der Waals surface area contributed by atoms with E-state index in [1.165, 1.54) is 0 Å². The fraction of sp³-hybridized carbons (Fsp3) is 0. The van der Waals surface area contributed by atoms with Gasteiger partial charge in [-0.15, -0.1) is 25.3 Å². The molecule has 94 valence electrons. The molecule has 0 amide bonds. The van der Waals surface area contributed by atoms with Crippen LogP contribution in [0.25, 0.3) is 11.1 Å². The van der Waals surface area contributed by atoms with E-state index in [0.29, 0.717) is 30.5 Å². The van der Waals surface area contributed by atoms with Gasteiger partial charge >= 0.3 is 0 Å². The van der Waals surface area contributed by atoms with E-state index in [-0.39, 0.29) is 0 Å². The van der Waals surface area contributed by atoms with Gasteiger partial charge in [0.2, 0.25) is 0 Å². The van der Waals surface area contributed by atoms with E-state index < -0.39 is 0 Å². The lowest BCUT2D eigenvalue weighted by molar-refractivity contribution is 1.44. The topological polar surface area (TPSA) is 0 Å². The van der Waals surface area contributed by atoms with Crippen molar-refractivity contribution in [3.63, 3.8) is 0 Å². The summed E-state index contributed by atoms with van der Waals surface area (Å²) in [5.41, 5.74) is 1.42. The molecule has 0 saturated heterocycles. The van der Waals surface area contributed by atoms with Crippen LogP contribution in [0, 0.1) is 0 Å². The standard InChI is InChI=1S/C12H6Cl4S2/c13-8-7(5-1-3-6(17)4-2-5)9(14)11(16)12(18)10(8)15/h1-4,17-18H. The molecule has 0 aliphatic rings. The molecule has 0 unspecified atom stereocenters. The molecule has 0 aliphatic heterocycles. The Morgan fingerprint density at radius 1 is 0.667 bits per heavy atom. The number of hydrogen-bond donors (Lipinski definition) is 2. The first-order chi connectivity index (χ1) is 8.43. The van der Waals surface area contributed by atoms with Crippen LogP contribution in [0.1, 0.15) is 0 Å². The van der Waals surface area contributed by atoms with Crippen LogP contribution in [-0.4, -0.2) is 0 Å². The zero-order valence-corrected chi connectivity index (χ0v) is 13.5. The minimum absolute atomic E-state index is 0.291. The number of hydrogen-bond acceptors (Lipinski definition) is 2. The van der Waals surface area contributed by atoms with Gasteiger partial charge in [-0.25, -0.2) is 0 Å². The first-order valence-corrected chi connectivity index (χ1v) is 7.18. The van der Waals surface area contributed by atoms with Crippen molar-refractivity contribution in [2.45, 2.75) is 9.79 Å². The van der Waals surface area contributed by atoms with Crippen LogP contribution in [0.2, 0.25) is 20.1 Å². The van der Waals surface area contributed by atoms with E-state index in [2.05, 4.69) is 25.3 Å². The van der Waals surface area contributed by atoms with Crippen molar-refractivity contribution < 1.29 is 0 Å². The molecule has 2 aromatic carbocycles. The van der Waals surface area contributed by atoms with Gasteiger partial charge in [-0.1, -0.05) is 58.5 Å². The van der Waals surface area contributed by atoms with Gasteiger partial charge in [0, 0.05) is 15.4 Å². The highest BCUT2D eigenvalue weighted by Gasteiger charge is 2.19. The van der Waals surface area contributed by atoms with E-state index >= 15 is 0 Å². The van der Waals surface area contributed by atoms with Gasteiger partial charge in [0.25, 0.3) is 0 Å². The summed E-state index contributed by atoms with van der Waals surface area (Å²) >= 11 is 33.0. The third kappa shape index (κ3) is 2.60. The molecule has 0 N–H and O–H groups in total. The van der Waals surface area contributed by atoms with Crippen LogP contribution >= 0.6 is 71.7 Å². The second-order valence-corrected chi connectivity index (χ2v) is 6.00. The maximum absolute atomic E-state index is 6.21. The van der Waals surface area contributed by atoms with E-state index in [4.69, 9.17) is 46.4 Å². The van der Waals surface area contributed by atoms with Gasteiger partial charge < -0.3 is 0 Å². The fourth-order valence-corrected chi connectivity index (χ4v) is 3.08. The van der Waals surface area contributed by atoms with E-state index in [9.17, 15) is 0 Å². The molecule has 0 radical (unpaired) electrons. The van der Waals surface area contributed by atoms with Gasteiger partial charge in [0.15, 0.2) is 0 Å². The molecule has 2 aromatic rings. The molecule has 0 nitrogen and oxygen atoms in total. The third-order valence-corrected chi connectivity index (χ3v) is 5.11. The second-order valence-electron chi connectivity index (χ2n) is 3.53. The first-order valence-electron chi connectivity index (χ1n) is 4.77. The summed E-state index contributed by atoms with van der Waals surface area (Å²) in [6.45, 7) is 0. The second kappa shape index (κ2) is 5.74. The minimum Gasteiger partial charge on any atom is -0.143 e. The molecule has 0 atom stereocenters. The molecule has 0 saturated carbocycles. The van der Waals surface area contributed by atoms with E-state index in [1.807, 2.05) is 24.3 Å². The van der Waals surface area contributed by atoms with E-state index in [0.717, 1.165) is 10.5 Å². The Labute approximate surface area is 136 Å². The van der Waals surface area contributed by atoms with Crippen molar-refractivity contribution in [2.75, 3.05) is 0 Å². The van der Waals surface area contributed by atoms with Crippen molar-refractivity contribution in [2.24, 2.45) is 0 Å². The quantitative estimate of drug-likeness (QED) is 0.420. The smallest absolute Gasteiger partial charge is 0.0748 e. The van der Waals surface area contributed by atoms with Gasteiger partial charge in [0.05, 0.1) is 20.1 Å². The Morgan fingerprint density at radius 3 is 1.56 bits per heavy atom. The number of halogens is 4. The molecule has 0 fully saturated rings. The lowest BCUT2D eigenvalue weighted by atomic mass is 10.1. The fourth-order valence-electron chi connectivity index (χ4n) is 1.50. The zero-order chi connectivity index (χ0) is 13.4. The maximum Gasteiger partial charge on any atom is 0.0748 e. The van der Waals surface area contributed by atoms with Crippen molar-refractivity contribution in [3.05, 3.63) is 44.4 Å². The van der Waals surface area contributed by atoms with Crippen molar-refractivity contribution >= 4 is 71.7 Å². The minimum atomic E-state index is 0.291. The van der Waals surface area contributed by atoms with Gasteiger partial charge in [-0.05, 0) is 17.7 Å². The average molecular weight is 356 g/mol. The highest BCUT2D eigenvalue weighted by Crippen LogP contribution is 2.47. The lowest BCUT2D eigenvalue weighted by Crippen LogP contribution is -1.87. The van der Waals surface area contributed by atoms with Gasteiger partial charge in [-0.3, -0.25) is 0 Å². The Morgan fingerprint density at radius 2 is 1.11 bits per heavy atom. The highest BCUT2D eigenvalue weighted by molar-refractivity contribution is 7.80. The molecular formula is C12H6Cl4S2. The predicted molar refractivity (Wildman–Crippen MR) is 86.4 cm³/mol. The van der Waals surface area contributed by atoms with Gasteiger partial charge in [0.1, 0.15) is 0 Å². The largest absolute Gasteiger partial charge is 0.143 e. The average Bonchev–Trinajstić information content (AvgIpc) is 2.36. The van der Waals surface area contributed by atoms with Crippen LogP contribution in [0.5, 0.6) is 0 Å². The molecule has 0 spiro atoms. The van der Waals surface area contributed by atoms with Crippen molar-refractivity contribution in [1.29, 1.82) is 0 Å². The van der Waals surface area contributed by atoms with Crippen LogP contribution in [-0.2, 0) is 0 Å². The molecule has 6 heteroatoms. The SMILES string of the molecule is Sc1ccc(-c2c(Cl)c(Cl)c(S)c(Cl)c2Cl)cc1. The number of benzene rings is 2. The van der Waals surface area contributed by atoms with Crippen LogP contribution in [0.4, 0.5) is 0 Å². The Balaban J connectivity index is 2.75. The molecule has 0 aromatic heterocycles. The Bertz CT molecular complexity index is 579. The number of thiol groups is 2. The van der Waals surface area contributed by atoms with Crippen molar-refractivity contribution in [1.82, 2.24) is 0 Å². The molecular weight excluding hydrogens is 350 g/mol.